The molecule has 0 aliphatic carbocycles. The van der Waals surface area contributed by atoms with Crippen LogP contribution in [0.4, 0.5) is 0 Å². The smallest absolute Gasteiger partial charge is 0.175 e. The highest BCUT2D eigenvalue weighted by Crippen LogP contribution is 2.30. The first kappa shape index (κ1) is 12.3. The van der Waals surface area contributed by atoms with E-state index in [2.05, 4.69) is 15.9 Å². The molecular formula is C13H11BrO2S. The van der Waals surface area contributed by atoms with E-state index in [0.29, 0.717) is 4.90 Å². The van der Waals surface area contributed by atoms with Crippen LogP contribution in [0.15, 0.2) is 57.9 Å². The fraction of sp³-hybridized carbons (Fsp3) is 0.0769. The molecule has 0 radical (unpaired) electrons. The first-order valence-corrected chi connectivity index (χ1v) is 7.72. The first-order chi connectivity index (χ1) is 7.98. The van der Waals surface area contributed by atoms with E-state index >= 15 is 0 Å². The molecule has 0 aromatic heterocycles. The Balaban J connectivity index is 2.54. The molecule has 2 nitrogen and oxygen atoms in total. The van der Waals surface area contributed by atoms with Crippen molar-refractivity contribution in [3.8, 4) is 11.1 Å². The van der Waals surface area contributed by atoms with Gasteiger partial charge in [-0.3, -0.25) is 0 Å². The van der Waals surface area contributed by atoms with Crippen molar-refractivity contribution in [3.63, 3.8) is 0 Å². The van der Waals surface area contributed by atoms with Crippen LogP contribution in [0, 0.1) is 0 Å². The molecule has 0 saturated carbocycles. The van der Waals surface area contributed by atoms with Gasteiger partial charge in [-0.05, 0) is 23.3 Å². The van der Waals surface area contributed by atoms with Crippen molar-refractivity contribution in [1.82, 2.24) is 0 Å². The Bertz CT molecular complexity index is 634. The summed E-state index contributed by atoms with van der Waals surface area (Å²) in [7, 11) is -3.15. The molecule has 4 heteroatoms. The lowest BCUT2D eigenvalue weighted by atomic mass is 10.1. The minimum atomic E-state index is -3.15. The summed E-state index contributed by atoms with van der Waals surface area (Å²) in [6.07, 6.45) is 1.21. The molecule has 2 aromatic rings. The molecule has 0 aliphatic heterocycles. The second kappa shape index (κ2) is 4.63. The molecule has 0 unspecified atom stereocenters. The monoisotopic (exact) mass is 310 g/mol. The third-order valence-corrected chi connectivity index (χ3v) is 4.22. The molecule has 0 atom stereocenters. The Morgan fingerprint density at radius 3 is 2.18 bits per heavy atom. The van der Waals surface area contributed by atoms with Crippen molar-refractivity contribution in [2.75, 3.05) is 6.26 Å². The van der Waals surface area contributed by atoms with Crippen LogP contribution in [0.5, 0.6) is 0 Å². The summed E-state index contributed by atoms with van der Waals surface area (Å²) in [5.41, 5.74) is 2.04. The van der Waals surface area contributed by atoms with Crippen molar-refractivity contribution >= 4 is 25.8 Å². The molecule has 0 aliphatic rings. The van der Waals surface area contributed by atoms with E-state index in [0.717, 1.165) is 15.6 Å². The number of hydrogen-bond donors (Lipinski definition) is 0. The Labute approximate surface area is 109 Å². The normalized spacial score (nSPS) is 11.4. The van der Waals surface area contributed by atoms with Gasteiger partial charge in [-0.25, -0.2) is 8.42 Å². The second-order valence-corrected chi connectivity index (χ2v) is 6.65. The lowest BCUT2D eigenvalue weighted by Gasteiger charge is -2.06. The van der Waals surface area contributed by atoms with Gasteiger partial charge in [-0.15, -0.1) is 0 Å². The average molecular weight is 311 g/mol. The molecule has 88 valence electrons. The molecule has 2 rings (SSSR count). The Morgan fingerprint density at radius 2 is 1.65 bits per heavy atom. The van der Waals surface area contributed by atoms with Crippen molar-refractivity contribution < 1.29 is 8.42 Å². The van der Waals surface area contributed by atoms with E-state index in [4.69, 9.17) is 0 Å². The highest BCUT2D eigenvalue weighted by molar-refractivity contribution is 9.10. The summed E-state index contributed by atoms with van der Waals surface area (Å²) in [5.74, 6) is 0. The van der Waals surface area contributed by atoms with Gasteiger partial charge < -0.3 is 0 Å². The standard InChI is InChI=1S/C13H11BrO2S/c1-17(15,16)11-7-8-12(13(14)9-11)10-5-3-2-4-6-10/h2-9H,1H3. The number of rotatable bonds is 2. The van der Waals surface area contributed by atoms with Gasteiger partial charge in [0.05, 0.1) is 4.90 Å². The highest BCUT2D eigenvalue weighted by atomic mass is 79.9. The van der Waals surface area contributed by atoms with Crippen LogP contribution in [0.2, 0.25) is 0 Å². The quantitative estimate of drug-likeness (QED) is 0.850. The maximum atomic E-state index is 11.4. The SMILES string of the molecule is CS(=O)(=O)c1ccc(-c2ccccc2)c(Br)c1. The van der Waals surface area contributed by atoms with Gasteiger partial charge >= 0.3 is 0 Å². The van der Waals surface area contributed by atoms with Crippen LogP contribution in [0.25, 0.3) is 11.1 Å². The minimum Gasteiger partial charge on any atom is -0.224 e. The van der Waals surface area contributed by atoms with Crippen LogP contribution in [-0.2, 0) is 9.84 Å². The molecule has 2 aromatic carbocycles. The van der Waals surface area contributed by atoms with Gasteiger partial charge in [-0.1, -0.05) is 52.3 Å². The minimum absolute atomic E-state index is 0.323. The van der Waals surface area contributed by atoms with Crippen molar-refractivity contribution in [2.24, 2.45) is 0 Å². The zero-order valence-electron chi connectivity index (χ0n) is 9.22. The average Bonchev–Trinajstić information content (AvgIpc) is 2.29. The van der Waals surface area contributed by atoms with Gasteiger partial charge in [0, 0.05) is 10.7 Å². The van der Waals surface area contributed by atoms with Gasteiger partial charge in [0.15, 0.2) is 9.84 Å². The molecular weight excluding hydrogens is 300 g/mol. The summed E-state index contributed by atoms with van der Waals surface area (Å²) in [5, 5.41) is 0. The summed E-state index contributed by atoms with van der Waals surface area (Å²) in [6, 6.07) is 14.9. The topological polar surface area (TPSA) is 34.1 Å². The maximum absolute atomic E-state index is 11.4. The van der Waals surface area contributed by atoms with Crippen LogP contribution in [0.1, 0.15) is 0 Å². The summed E-state index contributed by atoms with van der Waals surface area (Å²) >= 11 is 3.41. The van der Waals surface area contributed by atoms with Crippen molar-refractivity contribution in [2.45, 2.75) is 4.90 Å². The van der Waals surface area contributed by atoms with Gasteiger partial charge in [0.1, 0.15) is 0 Å². The number of halogens is 1. The zero-order chi connectivity index (χ0) is 12.5. The first-order valence-electron chi connectivity index (χ1n) is 5.03. The van der Waals surface area contributed by atoms with Gasteiger partial charge in [-0.2, -0.15) is 0 Å². The number of hydrogen-bond acceptors (Lipinski definition) is 2. The van der Waals surface area contributed by atoms with E-state index in [9.17, 15) is 8.42 Å². The molecule has 0 saturated heterocycles. The van der Waals surface area contributed by atoms with Crippen LogP contribution in [-0.4, -0.2) is 14.7 Å². The third-order valence-electron chi connectivity index (χ3n) is 2.45. The van der Waals surface area contributed by atoms with Crippen molar-refractivity contribution in [3.05, 3.63) is 53.0 Å². The highest BCUT2D eigenvalue weighted by Gasteiger charge is 2.10. The van der Waals surface area contributed by atoms with Crippen molar-refractivity contribution in [1.29, 1.82) is 0 Å². The van der Waals surface area contributed by atoms with E-state index in [1.807, 2.05) is 36.4 Å². The fourth-order valence-corrected chi connectivity index (χ4v) is 2.98. The Kier molecular flexibility index (Phi) is 3.35. The molecule has 0 amide bonds. The predicted octanol–water partition coefficient (Wildman–Crippen LogP) is 3.52. The largest absolute Gasteiger partial charge is 0.224 e. The maximum Gasteiger partial charge on any atom is 0.175 e. The van der Waals surface area contributed by atoms with E-state index in [1.54, 1.807) is 12.1 Å². The lowest BCUT2D eigenvalue weighted by molar-refractivity contribution is 0.602. The van der Waals surface area contributed by atoms with Gasteiger partial charge in [0.2, 0.25) is 0 Å². The number of sulfone groups is 1. The Morgan fingerprint density at radius 1 is 1.00 bits per heavy atom. The number of benzene rings is 2. The molecule has 17 heavy (non-hydrogen) atoms. The van der Waals surface area contributed by atoms with Crippen LogP contribution < -0.4 is 0 Å². The zero-order valence-corrected chi connectivity index (χ0v) is 11.6. The second-order valence-electron chi connectivity index (χ2n) is 3.78. The third kappa shape index (κ3) is 2.76. The van der Waals surface area contributed by atoms with E-state index in [-0.39, 0.29) is 0 Å². The Hall–Kier alpha value is -1.13. The van der Waals surface area contributed by atoms with Crippen LogP contribution in [0.3, 0.4) is 0 Å². The van der Waals surface area contributed by atoms with E-state index < -0.39 is 9.84 Å². The molecule has 0 bridgehead atoms. The summed E-state index contributed by atoms with van der Waals surface area (Å²) < 4.78 is 23.6. The molecule has 0 N–H and O–H groups in total. The molecule has 0 fully saturated rings. The summed E-state index contributed by atoms with van der Waals surface area (Å²) in [6.45, 7) is 0. The van der Waals surface area contributed by atoms with E-state index in [1.165, 1.54) is 6.26 Å². The summed E-state index contributed by atoms with van der Waals surface area (Å²) in [4.78, 5) is 0.323. The molecule has 0 heterocycles. The fourth-order valence-electron chi connectivity index (χ4n) is 1.58. The van der Waals surface area contributed by atoms with Crippen LogP contribution >= 0.6 is 15.9 Å². The molecule has 0 spiro atoms. The van der Waals surface area contributed by atoms with Gasteiger partial charge in [0.25, 0.3) is 0 Å². The lowest BCUT2D eigenvalue weighted by Crippen LogP contribution is -1.97. The predicted molar refractivity (Wildman–Crippen MR) is 72.7 cm³/mol.